The summed E-state index contributed by atoms with van der Waals surface area (Å²) in [5.74, 6) is 0.473. The molecule has 0 bridgehead atoms. The van der Waals surface area contributed by atoms with Crippen LogP contribution in [0.5, 0.6) is 0 Å². The molecule has 1 aromatic heterocycles. The summed E-state index contributed by atoms with van der Waals surface area (Å²) in [4.78, 5) is 23.8. The van der Waals surface area contributed by atoms with E-state index in [0.717, 1.165) is 63.1 Å². The van der Waals surface area contributed by atoms with E-state index in [9.17, 15) is 4.79 Å². The third-order valence-electron chi connectivity index (χ3n) is 6.41. The molecule has 3 heterocycles. The van der Waals surface area contributed by atoms with E-state index in [2.05, 4.69) is 31.8 Å². The lowest BCUT2D eigenvalue weighted by Crippen LogP contribution is -2.46. The van der Waals surface area contributed by atoms with Crippen LogP contribution in [0.2, 0.25) is 5.02 Å². The first-order valence-electron chi connectivity index (χ1n) is 11.1. The van der Waals surface area contributed by atoms with Gasteiger partial charge in [0.1, 0.15) is 5.82 Å². The number of carbonyl (C=O) groups excluding carboxylic acids is 1. The highest BCUT2D eigenvalue weighted by Crippen LogP contribution is 2.23. The third kappa shape index (κ3) is 5.56. The monoisotopic (exact) mass is 442 g/mol. The molecule has 0 saturated carbocycles. The summed E-state index contributed by atoms with van der Waals surface area (Å²) in [6.07, 6.45) is 3.49. The lowest BCUT2D eigenvalue weighted by Gasteiger charge is -2.38. The van der Waals surface area contributed by atoms with E-state index in [1.165, 1.54) is 25.5 Å². The summed E-state index contributed by atoms with van der Waals surface area (Å²) in [6.45, 7) is 7.18. The van der Waals surface area contributed by atoms with Gasteiger partial charge < -0.3 is 9.64 Å². The SMILES string of the molecule is COC(=O)c1cccc(N2CCCN(C3CCN(Cc4ccccc4Cl)CC3)CC2)n1. The van der Waals surface area contributed by atoms with E-state index in [-0.39, 0.29) is 5.97 Å². The molecule has 4 rings (SSSR count). The van der Waals surface area contributed by atoms with Crippen LogP contribution in [0.25, 0.3) is 0 Å². The second-order valence-electron chi connectivity index (χ2n) is 8.35. The number of methoxy groups -OCH3 is 1. The zero-order chi connectivity index (χ0) is 21.6. The number of rotatable bonds is 5. The Labute approximate surface area is 189 Å². The molecular weight excluding hydrogens is 412 g/mol. The van der Waals surface area contributed by atoms with Crippen molar-refractivity contribution in [3.05, 3.63) is 58.7 Å². The van der Waals surface area contributed by atoms with Crippen molar-refractivity contribution in [3.63, 3.8) is 0 Å². The van der Waals surface area contributed by atoms with Gasteiger partial charge >= 0.3 is 5.97 Å². The van der Waals surface area contributed by atoms with E-state index >= 15 is 0 Å². The van der Waals surface area contributed by atoms with Crippen LogP contribution >= 0.6 is 11.6 Å². The van der Waals surface area contributed by atoms with E-state index in [0.29, 0.717) is 11.7 Å². The Hall–Kier alpha value is -2.15. The molecule has 2 aromatic rings. The number of halogens is 1. The molecule has 0 radical (unpaired) electrons. The topological polar surface area (TPSA) is 48.9 Å². The molecule has 2 saturated heterocycles. The predicted octanol–water partition coefficient (Wildman–Crippen LogP) is 3.70. The molecule has 0 unspecified atom stereocenters. The lowest BCUT2D eigenvalue weighted by molar-refractivity contribution is 0.0594. The van der Waals surface area contributed by atoms with Crippen molar-refractivity contribution in [1.82, 2.24) is 14.8 Å². The molecule has 0 N–H and O–H groups in total. The van der Waals surface area contributed by atoms with Crippen LogP contribution in [0.15, 0.2) is 42.5 Å². The van der Waals surface area contributed by atoms with Gasteiger partial charge in [0.05, 0.1) is 7.11 Å². The highest BCUT2D eigenvalue weighted by Gasteiger charge is 2.27. The molecule has 2 aliphatic heterocycles. The van der Waals surface area contributed by atoms with Crippen LogP contribution in [-0.4, -0.2) is 73.2 Å². The van der Waals surface area contributed by atoms with Gasteiger partial charge in [-0.3, -0.25) is 9.80 Å². The van der Waals surface area contributed by atoms with Gasteiger partial charge in [0.15, 0.2) is 5.69 Å². The number of anilines is 1. The number of aromatic nitrogens is 1. The number of pyridine rings is 1. The first-order valence-corrected chi connectivity index (χ1v) is 11.5. The summed E-state index contributed by atoms with van der Waals surface area (Å²) >= 11 is 6.34. The van der Waals surface area contributed by atoms with Crippen LogP contribution in [0.1, 0.15) is 35.3 Å². The van der Waals surface area contributed by atoms with E-state index in [4.69, 9.17) is 16.3 Å². The molecule has 0 atom stereocenters. The average molecular weight is 443 g/mol. The molecular formula is C24H31ClN4O2. The maximum atomic E-state index is 11.8. The number of hydrogen-bond donors (Lipinski definition) is 0. The van der Waals surface area contributed by atoms with E-state index in [1.807, 2.05) is 24.3 Å². The van der Waals surface area contributed by atoms with E-state index in [1.54, 1.807) is 6.07 Å². The van der Waals surface area contributed by atoms with Gasteiger partial charge in [-0.15, -0.1) is 0 Å². The number of hydrogen-bond acceptors (Lipinski definition) is 6. The van der Waals surface area contributed by atoms with Crippen LogP contribution in [0.4, 0.5) is 5.82 Å². The standard InChI is InChI=1S/C24H31ClN4O2/c1-31-24(30)22-8-4-9-23(26-22)29-13-5-12-28(16-17-29)20-10-14-27(15-11-20)18-19-6-2-3-7-21(19)25/h2-4,6-9,20H,5,10-18H2,1H3. The van der Waals surface area contributed by atoms with Crippen molar-refractivity contribution in [1.29, 1.82) is 0 Å². The van der Waals surface area contributed by atoms with Crippen molar-refractivity contribution in [2.24, 2.45) is 0 Å². The Bertz CT molecular complexity index is 885. The fourth-order valence-corrected chi connectivity index (χ4v) is 4.85. The minimum absolute atomic E-state index is 0.368. The number of carbonyl (C=O) groups is 1. The Morgan fingerprint density at radius 2 is 1.84 bits per heavy atom. The molecule has 0 aliphatic carbocycles. The Morgan fingerprint density at radius 1 is 1.03 bits per heavy atom. The van der Waals surface area contributed by atoms with Crippen LogP contribution in [0, 0.1) is 0 Å². The van der Waals surface area contributed by atoms with Crippen molar-refractivity contribution in [2.75, 3.05) is 51.3 Å². The Kier molecular flexibility index (Phi) is 7.43. The molecule has 31 heavy (non-hydrogen) atoms. The third-order valence-corrected chi connectivity index (χ3v) is 6.78. The summed E-state index contributed by atoms with van der Waals surface area (Å²) in [5, 5.41) is 0.863. The Morgan fingerprint density at radius 3 is 2.61 bits per heavy atom. The molecule has 0 spiro atoms. The quantitative estimate of drug-likeness (QED) is 0.658. The van der Waals surface area contributed by atoms with Gasteiger partial charge in [0.2, 0.25) is 0 Å². The van der Waals surface area contributed by atoms with Crippen molar-refractivity contribution in [2.45, 2.75) is 31.8 Å². The molecule has 2 aliphatic rings. The van der Waals surface area contributed by atoms with Gasteiger partial charge in [-0.25, -0.2) is 9.78 Å². The second kappa shape index (κ2) is 10.4. The van der Waals surface area contributed by atoms with Gasteiger partial charge in [-0.1, -0.05) is 35.9 Å². The number of benzene rings is 1. The normalized spacial score (nSPS) is 19.2. The van der Waals surface area contributed by atoms with Gasteiger partial charge in [0.25, 0.3) is 0 Å². The van der Waals surface area contributed by atoms with Gasteiger partial charge in [-0.05, 0) is 56.1 Å². The molecule has 2 fully saturated rings. The molecule has 0 amide bonds. The molecule has 7 heteroatoms. The minimum Gasteiger partial charge on any atom is -0.464 e. The largest absolute Gasteiger partial charge is 0.464 e. The highest BCUT2D eigenvalue weighted by molar-refractivity contribution is 6.31. The fourth-order valence-electron chi connectivity index (χ4n) is 4.66. The summed E-state index contributed by atoms with van der Waals surface area (Å²) < 4.78 is 4.81. The maximum Gasteiger partial charge on any atom is 0.356 e. The maximum absolute atomic E-state index is 11.8. The lowest BCUT2D eigenvalue weighted by atomic mass is 10.0. The van der Waals surface area contributed by atoms with Crippen LogP contribution in [-0.2, 0) is 11.3 Å². The predicted molar refractivity (Wildman–Crippen MR) is 124 cm³/mol. The smallest absolute Gasteiger partial charge is 0.356 e. The number of nitrogens with zero attached hydrogens (tertiary/aromatic N) is 4. The van der Waals surface area contributed by atoms with E-state index < -0.39 is 0 Å². The van der Waals surface area contributed by atoms with Crippen molar-refractivity contribution >= 4 is 23.4 Å². The molecule has 166 valence electrons. The van der Waals surface area contributed by atoms with Crippen molar-refractivity contribution < 1.29 is 9.53 Å². The zero-order valence-electron chi connectivity index (χ0n) is 18.2. The summed E-state index contributed by atoms with van der Waals surface area (Å²) in [5.41, 5.74) is 1.58. The summed E-state index contributed by atoms with van der Waals surface area (Å²) in [6, 6.07) is 14.4. The number of ether oxygens (including phenoxy) is 1. The van der Waals surface area contributed by atoms with Gasteiger partial charge in [-0.2, -0.15) is 0 Å². The fraction of sp³-hybridized carbons (Fsp3) is 0.500. The van der Waals surface area contributed by atoms with Crippen molar-refractivity contribution in [3.8, 4) is 0 Å². The number of esters is 1. The first kappa shape index (κ1) is 22.1. The zero-order valence-corrected chi connectivity index (χ0v) is 18.9. The first-order chi connectivity index (χ1) is 15.1. The molecule has 6 nitrogen and oxygen atoms in total. The van der Waals surface area contributed by atoms with Crippen LogP contribution < -0.4 is 4.90 Å². The summed E-state index contributed by atoms with van der Waals surface area (Å²) in [7, 11) is 1.39. The number of likely N-dealkylation sites (tertiary alicyclic amines) is 1. The number of piperidine rings is 1. The van der Waals surface area contributed by atoms with Crippen LogP contribution in [0.3, 0.4) is 0 Å². The second-order valence-corrected chi connectivity index (χ2v) is 8.76. The minimum atomic E-state index is -0.387. The van der Waals surface area contributed by atoms with Gasteiger partial charge in [0, 0.05) is 43.8 Å². The average Bonchev–Trinajstić information content (AvgIpc) is 3.07. The Balaban J connectivity index is 1.30. The molecule has 1 aromatic carbocycles. The highest BCUT2D eigenvalue weighted by atomic mass is 35.5.